The average molecular weight is 380 g/mol. The van der Waals surface area contributed by atoms with Gasteiger partial charge in [0.15, 0.2) is 5.16 Å². The van der Waals surface area contributed by atoms with Gasteiger partial charge in [0.25, 0.3) is 0 Å². The van der Waals surface area contributed by atoms with E-state index in [4.69, 9.17) is 9.40 Å². The van der Waals surface area contributed by atoms with Gasteiger partial charge in [-0.2, -0.15) is 0 Å². The molecular formula is C20H18N3O3S-. The predicted molar refractivity (Wildman–Crippen MR) is 102 cm³/mol. The van der Waals surface area contributed by atoms with E-state index in [-0.39, 0.29) is 5.76 Å². The number of furan rings is 1. The van der Waals surface area contributed by atoms with Crippen LogP contribution < -0.4 is 10.0 Å². The first kappa shape index (κ1) is 17.6. The van der Waals surface area contributed by atoms with Gasteiger partial charge in [-0.15, -0.1) is 0 Å². The molecule has 1 aliphatic heterocycles. The van der Waals surface area contributed by atoms with Gasteiger partial charge in [0, 0.05) is 24.7 Å². The fraction of sp³-hybridized carbons (Fsp3) is 0.250. The largest absolute Gasteiger partial charge is 0.542 e. The molecule has 1 saturated heterocycles. The van der Waals surface area contributed by atoms with E-state index in [0.29, 0.717) is 16.7 Å². The lowest BCUT2D eigenvalue weighted by atomic mass is 10.1. The topological polar surface area (TPSA) is 82.3 Å². The molecule has 2 aromatic heterocycles. The summed E-state index contributed by atoms with van der Waals surface area (Å²) in [5.74, 6) is 0.451. The van der Waals surface area contributed by atoms with Gasteiger partial charge in [0.05, 0.1) is 11.4 Å². The molecule has 0 bridgehead atoms. The lowest BCUT2D eigenvalue weighted by molar-refractivity contribution is -0.257. The van der Waals surface area contributed by atoms with Crippen LogP contribution in [0.2, 0.25) is 0 Å². The van der Waals surface area contributed by atoms with Crippen LogP contribution in [-0.2, 0) is 5.75 Å². The van der Waals surface area contributed by atoms with Crippen molar-refractivity contribution in [3.63, 3.8) is 0 Å². The number of anilines is 1. The molecule has 1 aromatic carbocycles. The predicted octanol–water partition coefficient (Wildman–Crippen LogP) is 2.99. The van der Waals surface area contributed by atoms with Crippen molar-refractivity contribution in [2.75, 3.05) is 18.0 Å². The van der Waals surface area contributed by atoms with Gasteiger partial charge in [-0.3, -0.25) is 0 Å². The van der Waals surface area contributed by atoms with Crippen molar-refractivity contribution < 1.29 is 14.3 Å². The molecule has 7 heteroatoms. The quantitative estimate of drug-likeness (QED) is 0.480. The number of benzene rings is 1. The average Bonchev–Trinajstić information content (AvgIpc) is 3.39. The number of rotatable bonds is 6. The molecule has 138 valence electrons. The van der Waals surface area contributed by atoms with Gasteiger partial charge in [0.1, 0.15) is 23.3 Å². The smallest absolute Gasteiger partial charge is 0.190 e. The standard InChI is InChI=1S/C20H19N3O3S/c24-19(25)17-9-8-15(26-17)13-27-20-21-16(14-6-2-1-3-7-14)12-18(22-20)23-10-4-5-11-23/h1-3,6-9,12H,4-5,10-11,13H2,(H,24,25)/p-1. The second-order valence-corrected chi connectivity index (χ2v) is 7.24. The van der Waals surface area contributed by atoms with E-state index in [1.54, 1.807) is 6.07 Å². The first-order valence-corrected chi connectivity index (χ1v) is 9.80. The van der Waals surface area contributed by atoms with E-state index in [0.717, 1.165) is 30.2 Å². The monoisotopic (exact) mass is 380 g/mol. The maximum Gasteiger partial charge on any atom is 0.190 e. The summed E-state index contributed by atoms with van der Waals surface area (Å²) in [4.78, 5) is 22.5. The van der Waals surface area contributed by atoms with Gasteiger partial charge in [-0.05, 0) is 25.0 Å². The third-order valence-corrected chi connectivity index (χ3v) is 5.27. The van der Waals surface area contributed by atoms with Crippen LogP contribution >= 0.6 is 11.8 Å². The highest BCUT2D eigenvalue weighted by Crippen LogP contribution is 2.29. The molecule has 4 rings (SSSR count). The zero-order valence-corrected chi connectivity index (χ0v) is 15.4. The Morgan fingerprint density at radius 3 is 2.59 bits per heavy atom. The molecule has 3 heterocycles. The van der Waals surface area contributed by atoms with Crippen molar-refractivity contribution in [2.45, 2.75) is 23.8 Å². The zero-order valence-electron chi connectivity index (χ0n) is 14.6. The summed E-state index contributed by atoms with van der Waals surface area (Å²) in [6, 6.07) is 15.1. The van der Waals surface area contributed by atoms with Crippen LogP contribution in [0.15, 0.2) is 58.1 Å². The normalized spacial score (nSPS) is 13.9. The molecule has 0 atom stereocenters. The Morgan fingerprint density at radius 2 is 1.89 bits per heavy atom. The van der Waals surface area contributed by atoms with E-state index in [1.807, 2.05) is 36.4 Å². The molecule has 6 nitrogen and oxygen atoms in total. The number of hydrogen-bond donors (Lipinski definition) is 0. The number of aromatic carboxylic acids is 1. The van der Waals surface area contributed by atoms with Gasteiger partial charge in [0.2, 0.25) is 0 Å². The number of carbonyl (C=O) groups is 1. The highest BCUT2D eigenvalue weighted by molar-refractivity contribution is 7.98. The van der Waals surface area contributed by atoms with E-state index < -0.39 is 5.97 Å². The van der Waals surface area contributed by atoms with E-state index in [9.17, 15) is 9.90 Å². The molecule has 0 aliphatic carbocycles. The summed E-state index contributed by atoms with van der Waals surface area (Å²) in [6.45, 7) is 2.00. The second kappa shape index (κ2) is 7.84. The summed E-state index contributed by atoms with van der Waals surface area (Å²) < 4.78 is 5.26. The maximum absolute atomic E-state index is 10.8. The Hall–Kier alpha value is -2.80. The van der Waals surface area contributed by atoms with Gasteiger partial charge in [-0.25, -0.2) is 9.97 Å². The number of nitrogens with zero attached hydrogens (tertiary/aromatic N) is 3. The van der Waals surface area contributed by atoms with E-state index >= 15 is 0 Å². The van der Waals surface area contributed by atoms with Crippen LogP contribution in [0, 0.1) is 0 Å². The van der Waals surface area contributed by atoms with Crippen molar-refractivity contribution in [1.29, 1.82) is 0 Å². The van der Waals surface area contributed by atoms with Crippen LogP contribution in [0.5, 0.6) is 0 Å². The molecule has 0 amide bonds. The molecule has 0 saturated carbocycles. The molecule has 3 aromatic rings. The first-order chi connectivity index (χ1) is 13.2. The molecule has 0 spiro atoms. The fourth-order valence-corrected chi connectivity index (χ4v) is 3.79. The van der Waals surface area contributed by atoms with Crippen LogP contribution in [-0.4, -0.2) is 29.0 Å². The third-order valence-electron chi connectivity index (χ3n) is 4.40. The van der Waals surface area contributed by atoms with E-state index in [1.165, 1.54) is 30.7 Å². The highest BCUT2D eigenvalue weighted by atomic mass is 32.2. The van der Waals surface area contributed by atoms with Gasteiger partial charge >= 0.3 is 0 Å². The summed E-state index contributed by atoms with van der Waals surface area (Å²) in [5.41, 5.74) is 1.92. The second-order valence-electron chi connectivity index (χ2n) is 6.30. The Bertz CT molecular complexity index is 937. The zero-order chi connectivity index (χ0) is 18.6. The summed E-state index contributed by atoms with van der Waals surface area (Å²) >= 11 is 1.42. The summed E-state index contributed by atoms with van der Waals surface area (Å²) in [7, 11) is 0. The molecule has 1 fully saturated rings. The molecule has 27 heavy (non-hydrogen) atoms. The number of aromatic nitrogens is 2. The Balaban J connectivity index is 1.60. The molecule has 0 radical (unpaired) electrons. The third kappa shape index (κ3) is 4.14. The Morgan fingerprint density at radius 1 is 1.11 bits per heavy atom. The van der Waals surface area contributed by atoms with Gasteiger partial charge in [-0.1, -0.05) is 42.1 Å². The van der Waals surface area contributed by atoms with Crippen molar-refractivity contribution in [1.82, 2.24) is 9.97 Å². The summed E-state index contributed by atoms with van der Waals surface area (Å²) in [5, 5.41) is 11.5. The maximum atomic E-state index is 10.8. The lowest BCUT2D eigenvalue weighted by Crippen LogP contribution is -2.21. The minimum Gasteiger partial charge on any atom is -0.542 e. The Labute approximate surface area is 161 Å². The minimum absolute atomic E-state index is 0.165. The number of carbonyl (C=O) groups excluding carboxylic acids is 1. The number of carboxylic acids is 1. The molecule has 0 unspecified atom stereocenters. The van der Waals surface area contributed by atoms with E-state index in [2.05, 4.69) is 9.88 Å². The first-order valence-electron chi connectivity index (χ1n) is 8.81. The molecule has 0 N–H and O–H groups in total. The van der Waals surface area contributed by atoms with Crippen LogP contribution in [0.4, 0.5) is 5.82 Å². The highest BCUT2D eigenvalue weighted by Gasteiger charge is 2.17. The minimum atomic E-state index is -1.31. The van der Waals surface area contributed by atoms with Crippen molar-refractivity contribution >= 4 is 23.5 Å². The summed E-state index contributed by atoms with van der Waals surface area (Å²) in [6.07, 6.45) is 2.34. The Kier molecular flexibility index (Phi) is 5.11. The van der Waals surface area contributed by atoms with Crippen LogP contribution in [0.3, 0.4) is 0 Å². The van der Waals surface area contributed by atoms with Crippen LogP contribution in [0.25, 0.3) is 11.3 Å². The van der Waals surface area contributed by atoms with Crippen LogP contribution in [0.1, 0.15) is 29.2 Å². The van der Waals surface area contributed by atoms with Crippen molar-refractivity contribution in [2.24, 2.45) is 0 Å². The number of carboxylic acid groups (broad SMARTS) is 1. The van der Waals surface area contributed by atoms with Crippen molar-refractivity contribution in [3.8, 4) is 11.3 Å². The molecule has 1 aliphatic rings. The molecular weight excluding hydrogens is 362 g/mol. The fourth-order valence-electron chi connectivity index (χ4n) is 3.04. The van der Waals surface area contributed by atoms with Crippen molar-refractivity contribution in [3.05, 3.63) is 60.1 Å². The number of hydrogen-bond acceptors (Lipinski definition) is 7. The lowest BCUT2D eigenvalue weighted by Gasteiger charge is -2.18. The van der Waals surface area contributed by atoms with Gasteiger partial charge < -0.3 is 19.2 Å². The SMILES string of the molecule is O=C([O-])c1ccc(CSc2nc(-c3ccccc3)cc(N3CCCC3)n2)o1. The number of thioether (sulfide) groups is 1.